The molecule has 0 aliphatic carbocycles. The second kappa shape index (κ2) is 10.4. The number of piperidine rings is 1. The first-order valence-corrected chi connectivity index (χ1v) is 10.00. The molecule has 29 heavy (non-hydrogen) atoms. The number of aliphatic imine (C=N–C) groups is 1. The number of hydrogen-bond donors (Lipinski definition) is 3. The van der Waals surface area contributed by atoms with E-state index in [1.54, 1.807) is 19.4 Å². The van der Waals surface area contributed by atoms with Crippen LogP contribution in [-0.2, 0) is 17.8 Å². The van der Waals surface area contributed by atoms with Gasteiger partial charge in [-0.1, -0.05) is 12.1 Å². The third kappa shape index (κ3) is 5.91. The van der Waals surface area contributed by atoms with Gasteiger partial charge in [0.05, 0.1) is 0 Å². The fourth-order valence-corrected chi connectivity index (χ4v) is 3.48. The number of nitrogens with two attached hydrogens (primary N) is 1. The van der Waals surface area contributed by atoms with Crippen molar-refractivity contribution in [2.75, 3.05) is 31.6 Å². The molecule has 0 saturated carbocycles. The van der Waals surface area contributed by atoms with Crippen LogP contribution in [0.4, 0.5) is 5.82 Å². The molecule has 1 aliphatic heterocycles. The van der Waals surface area contributed by atoms with E-state index in [9.17, 15) is 4.79 Å². The van der Waals surface area contributed by atoms with Crippen LogP contribution in [0, 0.1) is 5.92 Å². The van der Waals surface area contributed by atoms with Crippen molar-refractivity contribution in [2.45, 2.75) is 25.8 Å². The molecule has 0 atom stereocenters. The zero-order chi connectivity index (χ0) is 20.5. The van der Waals surface area contributed by atoms with Gasteiger partial charge in [0.2, 0.25) is 5.91 Å². The minimum absolute atomic E-state index is 0.0290. The minimum atomic E-state index is -0.201. The number of aromatic nitrogens is 2. The van der Waals surface area contributed by atoms with Gasteiger partial charge in [-0.3, -0.25) is 14.8 Å². The molecule has 2 aromatic heterocycles. The van der Waals surface area contributed by atoms with Gasteiger partial charge in [-0.2, -0.15) is 0 Å². The maximum atomic E-state index is 11.4. The van der Waals surface area contributed by atoms with E-state index in [-0.39, 0.29) is 11.8 Å². The third-order valence-corrected chi connectivity index (χ3v) is 5.13. The van der Waals surface area contributed by atoms with Crippen LogP contribution in [0.5, 0.6) is 0 Å². The fraction of sp³-hybridized carbons (Fsp3) is 0.429. The van der Waals surface area contributed by atoms with Gasteiger partial charge in [0.25, 0.3) is 0 Å². The number of guanidine groups is 1. The van der Waals surface area contributed by atoms with Crippen LogP contribution in [0.2, 0.25) is 0 Å². The van der Waals surface area contributed by atoms with E-state index >= 15 is 0 Å². The molecule has 0 spiro atoms. The molecule has 8 nitrogen and oxygen atoms in total. The molecule has 0 radical (unpaired) electrons. The molecule has 1 aliphatic rings. The third-order valence-electron chi connectivity index (χ3n) is 5.13. The zero-order valence-electron chi connectivity index (χ0n) is 16.8. The van der Waals surface area contributed by atoms with Crippen molar-refractivity contribution in [2.24, 2.45) is 16.6 Å². The Labute approximate surface area is 171 Å². The summed E-state index contributed by atoms with van der Waals surface area (Å²) in [6.07, 6.45) is 5.98. The van der Waals surface area contributed by atoms with Gasteiger partial charge >= 0.3 is 0 Å². The lowest BCUT2D eigenvalue weighted by atomic mass is 9.96. The SMILES string of the molecule is CN=C(NCCc1ccccn1)NCc1cccnc1N1CCC(C(N)=O)CC1. The van der Waals surface area contributed by atoms with Gasteiger partial charge in [0.1, 0.15) is 5.82 Å². The molecule has 154 valence electrons. The molecule has 1 fully saturated rings. The van der Waals surface area contributed by atoms with E-state index in [1.165, 1.54) is 0 Å². The first-order chi connectivity index (χ1) is 14.2. The summed E-state index contributed by atoms with van der Waals surface area (Å²) in [6.45, 7) is 2.93. The summed E-state index contributed by atoms with van der Waals surface area (Å²) in [5.74, 6) is 1.46. The lowest BCUT2D eigenvalue weighted by Crippen LogP contribution is -2.40. The molecule has 1 amide bonds. The Morgan fingerprint density at radius 3 is 2.66 bits per heavy atom. The predicted octanol–water partition coefficient (Wildman–Crippen LogP) is 1.09. The van der Waals surface area contributed by atoms with E-state index in [0.29, 0.717) is 6.54 Å². The minimum Gasteiger partial charge on any atom is -0.369 e. The average Bonchev–Trinajstić information content (AvgIpc) is 2.77. The summed E-state index contributed by atoms with van der Waals surface area (Å²) >= 11 is 0. The number of anilines is 1. The summed E-state index contributed by atoms with van der Waals surface area (Å²) in [6, 6.07) is 9.93. The Balaban J connectivity index is 1.53. The molecule has 0 aromatic carbocycles. The van der Waals surface area contributed by atoms with Crippen LogP contribution >= 0.6 is 0 Å². The van der Waals surface area contributed by atoms with Crippen molar-refractivity contribution in [1.29, 1.82) is 0 Å². The number of nitrogens with zero attached hydrogens (tertiary/aromatic N) is 4. The number of hydrogen-bond acceptors (Lipinski definition) is 5. The number of carbonyl (C=O) groups is 1. The van der Waals surface area contributed by atoms with Crippen LogP contribution < -0.4 is 21.3 Å². The number of nitrogens with one attached hydrogen (secondary N) is 2. The summed E-state index contributed by atoms with van der Waals surface area (Å²) in [4.78, 5) is 26.8. The van der Waals surface area contributed by atoms with Gasteiger partial charge in [0.15, 0.2) is 5.96 Å². The van der Waals surface area contributed by atoms with Crippen molar-refractivity contribution >= 4 is 17.7 Å². The normalized spacial score (nSPS) is 15.2. The summed E-state index contributed by atoms with van der Waals surface area (Å²) in [7, 11) is 1.76. The molecule has 3 heterocycles. The molecule has 4 N–H and O–H groups in total. The number of primary amides is 1. The fourth-order valence-electron chi connectivity index (χ4n) is 3.48. The number of amides is 1. The second-order valence-electron chi connectivity index (χ2n) is 7.07. The van der Waals surface area contributed by atoms with Crippen LogP contribution in [0.25, 0.3) is 0 Å². The molecule has 1 saturated heterocycles. The van der Waals surface area contributed by atoms with E-state index < -0.39 is 0 Å². The highest BCUT2D eigenvalue weighted by Gasteiger charge is 2.24. The molecule has 2 aromatic rings. The van der Waals surface area contributed by atoms with Crippen molar-refractivity contribution < 1.29 is 4.79 Å². The smallest absolute Gasteiger partial charge is 0.220 e. The van der Waals surface area contributed by atoms with E-state index in [1.807, 2.05) is 24.3 Å². The quantitative estimate of drug-likeness (QED) is 0.478. The number of pyridine rings is 2. The Kier molecular flexibility index (Phi) is 7.38. The van der Waals surface area contributed by atoms with Gasteiger partial charge in [-0.05, 0) is 31.0 Å². The highest BCUT2D eigenvalue weighted by molar-refractivity contribution is 5.79. The summed E-state index contributed by atoms with van der Waals surface area (Å²) in [5.41, 5.74) is 7.59. The Morgan fingerprint density at radius 1 is 1.17 bits per heavy atom. The lowest BCUT2D eigenvalue weighted by Gasteiger charge is -2.32. The monoisotopic (exact) mass is 395 g/mol. The van der Waals surface area contributed by atoms with Gasteiger partial charge < -0.3 is 21.3 Å². The van der Waals surface area contributed by atoms with Crippen LogP contribution in [0.3, 0.4) is 0 Å². The Hall–Kier alpha value is -3.16. The summed E-state index contributed by atoms with van der Waals surface area (Å²) < 4.78 is 0. The lowest BCUT2D eigenvalue weighted by molar-refractivity contribution is -0.122. The largest absolute Gasteiger partial charge is 0.369 e. The van der Waals surface area contributed by atoms with E-state index in [4.69, 9.17) is 5.73 Å². The van der Waals surface area contributed by atoms with Crippen molar-refractivity contribution in [3.8, 4) is 0 Å². The average molecular weight is 396 g/mol. The highest BCUT2D eigenvalue weighted by atomic mass is 16.1. The summed E-state index contributed by atoms with van der Waals surface area (Å²) in [5, 5.41) is 6.68. The molecule has 8 heteroatoms. The van der Waals surface area contributed by atoms with Gasteiger partial charge in [-0.25, -0.2) is 4.98 Å². The van der Waals surface area contributed by atoms with Crippen molar-refractivity contribution in [3.63, 3.8) is 0 Å². The van der Waals surface area contributed by atoms with E-state index in [0.717, 1.165) is 61.9 Å². The topological polar surface area (TPSA) is 109 Å². The molecule has 3 rings (SSSR count). The number of rotatable bonds is 7. The van der Waals surface area contributed by atoms with Gasteiger partial charge in [0, 0.05) is 69.2 Å². The Bertz CT molecular complexity index is 817. The van der Waals surface area contributed by atoms with Crippen molar-refractivity contribution in [3.05, 3.63) is 54.0 Å². The van der Waals surface area contributed by atoms with Gasteiger partial charge in [-0.15, -0.1) is 0 Å². The van der Waals surface area contributed by atoms with Crippen molar-refractivity contribution in [1.82, 2.24) is 20.6 Å². The number of carbonyl (C=O) groups excluding carboxylic acids is 1. The standard InChI is InChI=1S/C21H29N7O/c1-23-21(26-12-7-18-6-2-3-10-24-18)27-15-17-5-4-11-25-20(17)28-13-8-16(9-14-28)19(22)29/h2-6,10-11,16H,7-9,12-15H2,1H3,(H2,22,29)(H2,23,26,27). The molecule has 0 bridgehead atoms. The van der Waals surface area contributed by atoms with E-state index in [2.05, 4.69) is 36.6 Å². The highest BCUT2D eigenvalue weighted by Crippen LogP contribution is 2.24. The molecule has 0 unspecified atom stereocenters. The van der Waals surface area contributed by atoms with Crippen LogP contribution in [-0.4, -0.2) is 48.5 Å². The predicted molar refractivity (Wildman–Crippen MR) is 115 cm³/mol. The maximum Gasteiger partial charge on any atom is 0.220 e. The van der Waals surface area contributed by atoms with Crippen LogP contribution in [0.1, 0.15) is 24.1 Å². The Morgan fingerprint density at radius 2 is 1.97 bits per heavy atom. The first kappa shape index (κ1) is 20.6. The first-order valence-electron chi connectivity index (χ1n) is 10.00. The molecular formula is C21H29N7O. The zero-order valence-corrected chi connectivity index (χ0v) is 16.8. The molecular weight excluding hydrogens is 366 g/mol. The second-order valence-corrected chi connectivity index (χ2v) is 7.07. The van der Waals surface area contributed by atoms with Crippen LogP contribution in [0.15, 0.2) is 47.7 Å². The maximum absolute atomic E-state index is 11.4.